The number of amides is 1. The summed E-state index contributed by atoms with van der Waals surface area (Å²) in [5.74, 6) is 0.0418. The van der Waals surface area contributed by atoms with Crippen LogP contribution in [-0.4, -0.2) is 55.1 Å². The minimum absolute atomic E-state index is 0.0418. The number of aryl methyl sites for hydroxylation is 2. The Morgan fingerprint density at radius 1 is 1.03 bits per heavy atom. The molecule has 1 aromatic heterocycles. The highest BCUT2D eigenvalue weighted by atomic mass is 35.5. The van der Waals surface area contributed by atoms with Crippen LogP contribution in [-0.2, 0) is 12.8 Å². The number of hydrogen-bond acceptors (Lipinski definition) is 5. The van der Waals surface area contributed by atoms with Crippen molar-refractivity contribution < 1.29 is 4.79 Å². The molecule has 31 heavy (non-hydrogen) atoms. The van der Waals surface area contributed by atoms with Crippen LogP contribution in [0.5, 0.6) is 0 Å². The molecule has 5 nitrogen and oxygen atoms in total. The fourth-order valence-electron chi connectivity index (χ4n) is 4.49. The minimum Gasteiger partial charge on any atom is -0.351 e. The quantitative estimate of drug-likeness (QED) is 0.621. The minimum atomic E-state index is 0.0418. The topological polar surface area (TPSA) is 48.5 Å². The Labute approximate surface area is 192 Å². The van der Waals surface area contributed by atoms with E-state index in [0.29, 0.717) is 6.54 Å². The zero-order valence-electron chi connectivity index (χ0n) is 17.6. The van der Waals surface area contributed by atoms with E-state index in [0.717, 1.165) is 71.5 Å². The molecule has 1 N–H and O–H groups in total. The summed E-state index contributed by atoms with van der Waals surface area (Å²) in [4.78, 5) is 22.1. The van der Waals surface area contributed by atoms with Gasteiger partial charge in [-0.05, 0) is 67.1 Å². The largest absolute Gasteiger partial charge is 0.351 e. The molecule has 0 radical (unpaired) electrons. The first-order valence-corrected chi connectivity index (χ1v) is 12.3. The molecule has 2 aromatic carbocycles. The first-order valence-electron chi connectivity index (χ1n) is 11.1. The van der Waals surface area contributed by atoms with Crippen molar-refractivity contribution in [2.75, 3.05) is 44.2 Å². The molecule has 0 unspecified atom stereocenters. The summed E-state index contributed by atoms with van der Waals surface area (Å²) in [6.07, 6.45) is 4.74. The summed E-state index contributed by atoms with van der Waals surface area (Å²) in [7, 11) is 0. The van der Waals surface area contributed by atoms with Crippen molar-refractivity contribution in [3.05, 3.63) is 58.1 Å². The maximum Gasteiger partial charge on any atom is 0.251 e. The summed E-state index contributed by atoms with van der Waals surface area (Å²) in [6.45, 7) is 5.41. The molecule has 1 aliphatic heterocycles. The molecular weight excluding hydrogens is 428 g/mol. The van der Waals surface area contributed by atoms with Crippen LogP contribution in [0.1, 0.15) is 34.3 Å². The first-order chi connectivity index (χ1) is 15.2. The molecule has 1 amide bonds. The van der Waals surface area contributed by atoms with Crippen molar-refractivity contribution in [1.82, 2.24) is 15.2 Å². The molecule has 1 fully saturated rings. The second-order valence-corrected chi connectivity index (χ2v) is 9.83. The van der Waals surface area contributed by atoms with Gasteiger partial charge in [-0.25, -0.2) is 4.98 Å². The number of hydrogen-bond donors (Lipinski definition) is 1. The lowest BCUT2D eigenvalue weighted by atomic mass is 9.90. The van der Waals surface area contributed by atoms with Crippen LogP contribution < -0.4 is 10.2 Å². The third kappa shape index (κ3) is 4.71. The molecule has 7 heteroatoms. The summed E-state index contributed by atoms with van der Waals surface area (Å²) < 4.78 is 1.13. The van der Waals surface area contributed by atoms with E-state index in [4.69, 9.17) is 16.6 Å². The van der Waals surface area contributed by atoms with E-state index in [9.17, 15) is 4.79 Å². The number of benzene rings is 2. The third-order valence-corrected chi connectivity index (χ3v) is 7.62. The summed E-state index contributed by atoms with van der Waals surface area (Å²) in [5, 5.41) is 4.92. The van der Waals surface area contributed by atoms with Gasteiger partial charge in [0, 0.05) is 49.9 Å². The Morgan fingerprint density at radius 2 is 1.84 bits per heavy atom. The van der Waals surface area contributed by atoms with Crippen molar-refractivity contribution >= 4 is 44.2 Å². The van der Waals surface area contributed by atoms with Crippen LogP contribution in [0.25, 0.3) is 10.2 Å². The number of rotatable bonds is 5. The number of thiazole rings is 1. The van der Waals surface area contributed by atoms with E-state index < -0.39 is 0 Å². The Bertz CT molecular complexity index is 1090. The Hall–Kier alpha value is -2.15. The standard InChI is InChI=1S/C24H27ClN4OS/c25-20-7-8-21-22(16-20)31-24(27-21)29-13-11-28(12-14-29)10-9-26-23(30)19-6-5-17-3-1-2-4-18(17)15-19/h5-8,15-16H,1-4,9-14H2,(H,26,30). The number of carbonyl (C=O) groups excluding carboxylic acids is 1. The Morgan fingerprint density at radius 3 is 2.68 bits per heavy atom. The van der Waals surface area contributed by atoms with Gasteiger partial charge in [-0.3, -0.25) is 9.69 Å². The molecular formula is C24H27ClN4OS. The van der Waals surface area contributed by atoms with Gasteiger partial charge < -0.3 is 10.2 Å². The first kappa shape index (κ1) is 20.7. The molecule has 162 valence electrons. The molecule has 0 saturated carbocycles. The van der Waals surface area contributed by atoms with Crippen LogP contribution >= 0.6 is 22.9 Å². The molecule has 0 bridgehead atoms. The van der Waals surface area contributed by atoms with Gasteiger partial charge in [0.1, 0.15) is 0 Å². The fraction of sp³-hybridized carbons (Fsp3) is 0.417. The van der Waals surface area contributed by atoms with Gasteiger partial charge in [0.2, 0.25) is 0 Å². The zero-order chi connectivity index (χ0) is 21.2. The van der Waals surface area contributed by atoms with E-state index in [2.05, 4.69) is 27.2 Å². The predicted octanol–water partition coefficient (Wildman–Crippen LogP) is 4.38. The number of piperazine rings is 1. The molecule has 5 rings (SSSR count). The van der Waals surface area contributed by atoms with Crippen LogP contribution in [0, 0.1) is 0 Å². The zero-order valence-corrected chi connectivity index (χ0v) is 19.1. The third-order valence-electron chi connectivity index (χ3n) is 6.31. The summed E-state index contributed by atoms with van der Waals surface area (Å²) in [6, 6.07) is 12.1. The molecule has 2 aliphatic rings. The van der Waals surface area contributed by atoms with Gasteiger partial charge in [0.25, 0.3) is 5.91 Å². The van der Waals surface area contributed by atoms with Crippen LogP contribution in [0.4, 0.5) is 5.13 Å². The van der Waals surface area contributed by atoms with Crippen molar-refractivity contribution in [2.45, 2.75) is 25.7 Å². The van der Waals surface area contributed by atoms with E-state index >= 15 is 0 Å². The van der Waals surface area contributed by atoms with Crippen LogP contribution in [0.15, 0.2) is 36.4 Å². The van der Waals surface area contributed by atoms with Crippen LogP contribution in [0.2, 0.25) is 5.02 Å². The summed E-state index contributed by atoms with van der Waals surface area (Å²) in [5.41, 5.74) is 4.57. The lowest BCUT2D eigenvalue weighted by Gasteiger charge is -2.34. The lowest BCUT2D eigenvalue weighted by Crippen LogP contribution is -2.48. The second-order valence-electron chi connectivity index (χ2n) is 8.38. The number of nitrogens with one attached hydrogen (secondary N) is 1. The van der Waals surface area contributed by atoms with Gasteiger partial charge in [-0.1, -0.05) is 29.0 Å². The average Bonchev–Trinajstić information content (AvgIpc) is 3.22. The number of carbonyl (C=O) groups is 1. The molecule has 0 atom stereocenters. The van der Waals surface area contributed by atoms with Crippen molar-refractivity contribution in [3.63, 3.8) is 0 Å². The van der Waals surface area contributed by atoms with Crippen molar-refractivity contribution in [1.29, 1.82) is 0 Å². The highest BCUT2D eigenvalue weighted by molar-refractivity contribution is 7.22. The van der Waals surface area contributed by atoms with E-state index in [1.165, 1.54) is 24.0 Å². The highest BCUT2D eigenvalue weighted by Crippen LogP contribution is 2.31. The van der Waals surface area contributed by atoms with Gasteiger partial charge >= 0.3 is 0 Å². The fourth-order valence-corrected chi connectivity index (χ4v) is 5.78. The number of fused-ring (bicyclic) bond motifs is 2. The molecule has 2 heterocycles. The smallest absolute Gasteiger partial charge is 0.251 e. The van der Waals surface area contributed by atoms with Crippen molar-refractivity contribution in [2.24, 2.45) is 0 Å². The SMILES string of the molecule is O=C(NCCN1CCN(c2nc3ccc(Cl)cc3s2)CC1)c1ccc2c(c1)CCCC2. The normalized spacial score (nSPS) is 17.0. The molecule has 1 aliphatic carbocycles. The molecule has 1 saturated heterocycles. The Kier molecular flexibility index (Phi) is 6.12. The maximum atomic E-state index is 12.6. The van der Waals surface area contributed by atoms with E-state index in [-0.39, 0.29) is 5.91 Å². The average molecular weight is 455 g/mol. The maximum absolute atomic E-state index is 12.6. The summed E-state index contributed by atoms with van der Waals surface area (Å²) >= 11 is 7.81. The lowest BCUT2D eigenvalue weighted by molar-refractivity contribution is 0.0947. The van der Waals surface area contributed by atoms with Gasteiger partial charge in [0.15, 0.2) is 5.13 Å². The number of aromatic nitrogens is 1. The number of halogens is 1. The van der Waals surface area contributed by atoms with Crippen LogP contribution in [0.3, 0.4) is 0 Å². The Balaban J connectivity index is 1.10. The monoisotopic (exact) mass is 454 g/mol. The number of anilines is 1. The molecule has 0 spiro atoms. The van der Waals surface area contributed by atoms with Gasteiger partial charge in [-0.2, -0.15) is 0 Å². The van der Waals surface area contributed by atoms with E-state index in [1.54, 1.807) is 11.3 Å². The van der Waals surface area contributed by atoms with E-state index in [1.807, 2.05) is 24.3 Å². The van der Waals surface area contributed by atoms with Crippen molar-refractivity contribution in [3.8, 4) is 0 Å². The molecule has 3 aromatic rings. The predicted molar refractivity (Wildman–Crippen MR) is 129 cm³/mol. The van der Waals surface area contributed by atoms with Gasteiger partial charge in [-0.15, -0.1) is 0 Å². The number of nitrogens with zero attached hydrogens (tertiary/aromatic N) is 3. The van der Waals surface area contributed by atoms with Gasteiger partial charge in [0.05, 0.1) is 10.2 Å². The highest BCUT2D eigenvalue weighted by Gasteiger charge is 2.20. The second kappa shape index (κ2) is 9.15.